The minimum absolute atomic E-state index is 0.162. The van der Waals surface area contributed by atoms with Crippen LogP contribution in [0.1, 0.15) is 5.56 Å². The lowest BCUT2D eigenvalue weighted by Crippen LogP contribution is -2.25. The van der Waals surface area contributed by atoms with Gasteiger partial charge in [-0.3, -0.25) is 4.79 Å². The zero-order valence-electron chi connectivity index (χ0n) is 11.9. The Morgan fingerprint density at radius 2 is 1.27 bits per heavy atom. The molecule has 2 nitrogen and oxygen atoms in total. The second kappa shape index (κ2) is 5.08. The van der Waals surface area contributed by atoms with Gasteiger partial charge in [-0.05, 0) is 22.8 Å². The summed E-state index contributed by atoms with van der Waals surface area (Å²) < 4.78 is 0. The first kappa shape index (κ1) is 12.7. The van der Waals surface area contributed by atoms with Crippen molar-refractivity contribution in [2.75, 3.05) is 0 Å². The van der Waals surface area contributed by atoms with E-state index >= 15 is 0 Å². The second-order valence-electron chi connectivity index (χ2n) is 5.22. The number of nitrogens with zero attached hydrogens (tertiary/aromatic N) is 1. The van der Waals surface area contributed by atoms with Gasteiger partial charge in [0.15, 0.2) is 0 Å². The van der Waals surface area contributed by atoms with Crippen LogP contribution in [0.25, 0.3) is 16.7 Å². The molecular formula is C20H13NO. The lowest BCUT2D eigenvalue weighted by atomic mass is 9.97. The molecule has 0 atom stereocenters. The fourth-order valence-electron chi connectivity index (χ4n) is 2.90. The predicted octanol–water partition coefficient (Wildman–Crippen LogP) is 2.71. The summed E-state index contributed by atoms with van der Waals surface area (Å²) in [6, 6.07) is 25.8. The van der Waals surface area contributed by atoms with E-state index in [0.717, 1.165) is 27.3 Å². The summed E-state index contributed by atoms with van der Waals surface area (Å²) in [5.74, 6) is -0.162. The smallest absolute Gasteiger partial charge is 0.267 e. The molecule has 0 fully saturated rings. The quantitative estimate of drug-likeness (QED) is 0.711. The maximum Gasteiger partial charge on any atom is 0.278 e. The predicted molar refractivity (Wildman–Crippen MR) is 86.6 cm³/mol. The standard InChI is InChI=1S/C20H13NO/c22-20-18(15-10-5-2-6-11-15)19-16(12-7-13-17(19)21-20)14-8-3-1-4-9-14/h1-13H. The van der Waals surface area contributed by atoms with Crippen LogP contribution in [0.5, 0.6) is 0 Å². The Labute approximate surface area is 128 Å². The van der Waals surface area contributed by atoms with E-state index in [1.54, 1.807) is 0 Å². The number of benzene rings is 3. The molecule has 1 aliphatic heterocycles. The van der Waals surface area contributed by atoms with Crippen molar-refractivity contribution in [3.05, 3.63) is 95.0 Å². The molecule has 22 heavy (non-hydrogen) atoms. The number of fused-ring (bicyclic) bond motifs is 1. The van der Waals surface area contributed by atoms with Crippen molar-refractivity contribution in [2.45, 2.75) is 0 Å². The van der Waals surface area contributed by atoms with Crippen molar-refractivity contribution in [1.82, 2.24) is 0 Å². The van der Waals surface area contributed by atoms with Crippen molar-refractivity contribution in [2.24, 2.45) is 4.99 Å². The highest BCUT2D eigenvalue weighted by molar-refractivity contribution is 6.21. The van der Waals surface area contributed by atoms with E-state index in [4.69, 9.17) is 0 Å². The number of carbonyl (C=O) groups is 1. The molecule has 0 unspecified atom stereocenters. The molecule has 3 aromatic rings. The van der Waals surface area contributed by atoms with Gasteiger partial charge >= 0.3 is 0 Å². The van der Waals surface area contributed by atoms with Gasteiger partial charge < -0.3 is 0 Å². The molecule has 1 amide bonds. The Balaban J connectivity index is 2.12. The van der Waals surface area contributed by atoms with Gasteiger partial charge in [-0.2, -0.15) is 0 Å². The first-order valence-electron chi connectivity index (χ1n) is 7.22. The molecule has 0 saturated carbocycles. The monoisotopic (exact) mass is 283 g/mol. The van der Waals surface area contributed by atoms with Crippen molar-refractivity contribution in [1.29, 1.82) is 0 Å². The molecule has 104 valence electrons. The summed E-state index contributed by atoms with van der Waals surface area (Å²) in [5.41, 5.74) is 3.75. The molecular weight excluding hydrogens is 270 g/mol. The molecule has 0 radical (unpaired) electrons. The Bertz CT molecular complexity index is 973. The van der Waals surface area contributed by atoms with E-state index in [9.17, 15) is 4.79 Å². The van der Waals surface area contributed by atoms with E-state index in [0.29, 0.717) is 5.57 Å². The summed E-state index contributed by atoms with van der Waals surface area (Å²) in [7, 11) is 0. The van der Waals surface area contributed by atoms with Gasteiger partial charge in [-0.15, -0.1) is 0 Å². The molecule has 0 saturated heterocycles. The zero-order chi connectivity index (χ0) is 14.9. The van der Waals surface area contributed by atoms with Crippen LogP contribution in [-0.4, -0.2) is 5.91 Å². The van der Waals surface area contributed by atoms with Crippen molar-refractivity contribution < 1.29 is 4.79 Å². The number of hydrogen-bond donors (Lipinski definition) is 0. The molecule has 1 heterocycles. The Kier molecular flexibility index (Phi) is 2.94. The second-order valence-corrected chi connectivity index (χ2v) is 5.22. The van der Waals surface area contributed by atoms with E-state index in [1.807, 2.05) is 66.7 Å². The van der Waals surface area contributed by atoms with Crippen molar-refractivity contribution >= 4 is 11.5 Å². The molecule has 0 aromatic heterocycles. The highest BCUT2D eigenvalue weighted by Gasteiger charge is 2.20. The minimum atomic E-state index is -0.162. The lowest BCUT2D eigenvalue weighted by molar-refractivity contribution is -0.112. The van der Waals surface area contributed by atoms with E-state index < -0.39 is 0 Å². The van der Waals surface area contributed by atoms with Crippen LogP contribution in [0.15, 0.2) is 83.9 Å². The van der Waals surface area contributed by atoms with Crippen LogP contribution >= 0.6 is 0 Å². The maximum absolute atomic E-state index is 12.4. The van der Waals surface area contributed by atoms with Crippen LogP contribution in [0.3, 0.4) is 0 Å². The molecule has 2 heteroatoms. The summed E-state index contributed by atoms with van der Waals surface area (Å²) >= 11 is 0. The lowest BCUT2D eigenvalue weighted by Gasteiger charge is -2.05. The third-order valence-corrected chi connectivity index (χ3v) is 3.88. The van der Waals surface area contributed by atoms with E-state index in [2.05, 4.69) is 17.1 Å². The Hall–Kier alpha value is -3.00. The van der Waals surface area contributed by atoms with Crippen LogP contribution in [0.4, 0.5) is 0 Å². The molecule has 4 rings (SSSR count). The van der Waals surface area contributed by atoms with Gasteiger partial charge in [0.2, 0.25) is 0 Å². The molecule has 0 bridgehead atoms. The number of hydrogen-bond acceptors (Lipinski definition) is 1. The first-order valence-corrected chi connectivity index (χ1v) is 7.22. The van der Waals surface area contributed by atoms with E-state index in [1.165, 1.54) is 0 Å². The maximum atomic E-state index is 12.4. The highest BCUT2D eigenvalue weighted by atomic mass is 16.1. The van der Waals surface area contributed by atoms with Gasteiger partial charge in [0.25, 0.3) is 5.91 Å². The SMILES string of the molecule is O=C1N=c2cccc(-c3ccccc3)c2=C1c1ccccc1. The van der Waals surface area contributed by atoms with Gasteiger partial charge in [0.1, 0.15) is 0 Å². The summed E-state index contributed by atoms with van der Waals surface area (Å²) in [6.07, 6.45) is 0. The van der Waals surface area contributed by atoms with Crippen LogP contribution in [-0.2, 0) is 4.79 Å². The third-order valence-electron chi connectivity index (χ3n) is 3.88. The Morgan fingerprint density at radius 1 is 0.636 bits per heavy atom. The van der Waals surface area contributed by atoms with Crippen LogP contribution in [0.2, 0.25) is 0 Å². The summed E-state index contributed by atoms with van der Waals surface area (Å²) in [4.78, 5) is 16.6. The summed E-state index contributed by atoms with van der Waals surface area (Å²) in [5, 5.41) is 1.69. The molecule has 3 aromatic carbocycles. The fourth-order valence-corrected chi connectivity index (χ4v) is 2.90. The van der Waals surface area contributed by atoms with E-state index in [-0.39, 0.29) is 5.91 Å². The third kappa shape index (κ3) is 1.97. The average molecular weight is 283 g/mol. The van der Waals surface area contributed by atoms with Gasteiger partial charge in [-0.25, -0.2) is 4.99 Å². The molecule has 1 aliphatic rings. The van der Waals surface area contributed by atoms with Gasteiger partial charge in [-0.1, -0.05) is 72.8 Å². The average Bonchev–Trinajstić information content (AvgIpc) is 2.92. The van der Waals surface area contributed by atoms with Crippen molar-refractivity contribution in [3.8, 4) is 11.1 Å². The first-order chi connectivity index (χ1) is 10.8. The van der Waals surface area contributed by atoms with Crippen LogP contribution < -0.4 is 10.6 Å². The highest BCUT2D eigenvalue weighted by Crippen LogP contribution is 2.19. The number of rotatable bonds is 2. The molecule has 0 aliphatic carbocycles. The number of carbonyl (C=O) groups excluding carboxylic acids is 1. The number of amides is 1. The molecule has 0 N–H and O–H groups in total. The summed E-state index contributed by atoms with van der Waals surface area (Å²) in [6.45, 7) is 0. The van der Waals surface area contributed by atoms with Gasteiger partial charge in [0.05, 0.1) is 10.9 Å². The minimum Gasteiger partial charge on any atom is -0.267 e. The largest absolute Gasteiger partial charge is 0.278 e. The Morgan fingerprint density at radius 3 is 1.95 bits per heavy atom. The molecule has 0 spiro atoms. The normalized spacial score (nSPS) is 12.9. The topological polar surface area (TPSA) is 29.4 Å². The van der Waals surface area contributed by atoms with Gasteiger partial charge in [0, 0.05) is 5.22 Å². The fraction of sp³-hybridized carbons (Fsp3) is 0. The van der Waals surface area contributed by atoms with Crippen LogP contribution in [0, 0.1) is 0 Å². The van der Waals surface area contributed by atoms with Crippen molar-refractivity contribution in [3.63, 3.8) is 0 Å². The zero-order valence-corrected chi connectivity index (χ0v) is 11.9.